The second-order valence-corrected chi connectivity index (χ2v) is 7.19. The number of halogens is 1. The molecule has 30 heavy (non-hydrogen) atoms. The molecule has 1 aromatic carbocycles. The highest BCUT2D eigenvalue weighted by atomic mass is 79.9. The van der Waals surface area contributed by atoms with Crippen molar-refractivity contribution in [1.29, 1.82) is 0 Å². The average molecular weight is 469 g/mol. The molecule has 3 heterocycles. The number of benzene rings is 1. The molecule has 0 fully saturated rings. The van der Waals surface area contributed by atoms with E-state index in [1.165, 1.54) is 16.9 Å². The van der Waals surface area contributed by atoms with Crippen molar-refractivity contribution in [2.75, 3.05) is 11.9 Å². The van der Waals surface area contributed by atoms with E-state index in [1.807, 2.05) is 37.3 Å². The van der Waals surface area contributed by atoms with Gasteiger partial charge in [-0.15, -0.1) is 0 Å². The van der Waals surface area contributed by atoms with Crippen LogP contribution in [0.5, 0.6) is 0 Å². The smallest absolute Gasteiger partial charge is 0.343 e. The molecule has 1 N–H and O–H groups in total. The molecule has 152 valence electrons. The summed E-state index contributed by atoms with van der Waals surface area (Å²) >= 11 is 3.17. The molecule has 0 saturated carbocycles. The van der Waals surface area contributed by atoms with Gasteiger partial charge in [-0.05, 0) is 59.6 Å². The molecule has 3 aromatic heterocycles. The van der Waals surface area contributed by atoms with E-state index in [2.05, 4.69) is 31.3 Å². The Bertz CT molecular complexity index is 1260. The number of pyridine rings is 1. The number of nitrogens with one attached hydrogen (secondary N) is 1. The molecule has 0 unspecified atom stereocenters. The number of furan rings is 1. The molecule has 0 aliphatic carbocycles. The molecule has 4 aromatic rings. The third-order valence-corrected chi connectivity index (χ3v) is 4.85. The van der Waals surface area contributed by atoms with Gasteiger partial charge in [0.15, 0.2) is 22.1 Å². The van der Waals surface area contributed by atoms with Gasteiger partial charge in [0.25, 0.3) is 5.91 Å². The summed E-state index contributed by atoms with van der Waals surface area (Å²) in [7, 11) is 0. The van der Waals surface area contributed by atoms with Crippen LogP contribution in [-0.4, -0.2) is 33.2 Å². The lowest BCUT2D eigenvalue weighted by Crippen LogP contribution is -2.18. The number of fused-ring (bicyclic) bond motifs is 1. The Labute approximate surface area is 180 Å². The predicted molar refractivity (Wildman–Crippen MR) is 114 cm³/mol. The van der Waals surface area contributed by atoms with E-state index < -0.39 is 11.9 Å². The van der Waals surface area contributed by atoms with Crippen LogP contribution >= 0.6 is 15.9 Å². The summed E-state index contributed by atoms with van der Waals surface area (Å²) in [4.78, 5) is 29.8. The van der Waals surface area contributed by atoms with Gasteiger partial charge in [0.05, 0.1) is 18.3 Å². The van der Waals surface area contributed by atoms with Crippen LogP contribution < -0.4 is 5.32 Å². The SMILES string of the molecule is CCOC(=O)c1cnn(-c2cc(C)c3ccccc3n2)c1NC(=O)c1ccc(Br)o1. The molecule has 4 rings (SSSR count). The highest BCUT2D eigenvalue weighted by Crippen LogP contribution is 2.25. The number of amides is 1. The van der Waals surface area contributed by atoms with Crippen LogP contribution in [-0.2, 0) is 4.74 Å². The van der Waals surface area contributed by atoms with Crippen molar-refractivity contribution in [3.8, 4) is 5.82 Å². The lowest BCUT2D eigenvalue weighted by molar-refractivity contribution is 0.0527. The first-order valence-electron chi connectivity index (χ1n) is 9.16. The van der Waals surface area contributed by atoms with Gasteiger partial charge in [-0.2, -0.15) is 9.78 Å². The molecule has 0 saturated heterocycles. The fraction of sp³-hybridized carbons (Fsp3) is 0.143. The number of aromatic nitrogens is 3. The van der Waals surface area contributed by atoms with Gasteiger partial charge in [0, 0.05) is 5.39 Å². The molecular formula is C21H17BrN4O4. The molecule has 0 spiro atoms. The lowest BCUT2D eigenvalue weighted by atomic mass is 10.1. The number of carbonyl (C=O) groups excluding carboxylic acids is 2. The summed E-state index contributed by atoms with van der Waals surface area (Å²) in [6.45, 7) is 3.85. The topological polar surface area (TPSA) is 99.2 Å². The Balaban J connectivity index is 1.82. The normalized spacial score (nSPS) is 10.9. The van der Waals surface area contributed by atoms with Crippen LogP contribution in [0.3, 0.4) is 0 Å². The van der Waals surface area contributed by atoms with E-state index in [0.717, 1.165) is 16.5 Å². The molecule has 0 aliphatic heterocycles. The second kappa shape index (κ2) is 8.11. The minimum atomic E-state index is -0.600. The van der Waals surface area contributed by atoms with Crippen LogP contribution in [0.2, 0.25) is 0 Å². The average Bonchev–Trinajstić information content (AvgIpc) is 3.34. The van der Waals surface area contributed by atoms with Crippen molar-refractivity contribution in [2.45, 2.75) is 13.8 Å². The van der Waals surface area contributed by atoms with Gasteiger partial charge < -0.3 is 14.5 Å². The summed E-state index contributed by atoms with van der Waals surface area (Å²) < 4.78 is 12.2. The minimum Gasteiger partial charge on any atom is -0.462 e. The predicted octanol–water partition coefficient (Wildman–Crippen LogP) is 4.51. The second-order valence-electron chi connectivity index (χ2n) is 6.41. The third-order valence-electron chi connectivity index (χ3n) is 4.42. The quantitative estimate of drug-likeness (QED) is 0.432. The van der Waals surface area contributed by atoms with Crippen LogP contribution in [0.1, 0.15) is 33.4 Å². The lowest BCUT2D eigenvalue weighted by Gasteiger charge is -2.11. The Morgan fingerprint density at radius 3 is 2.77 bits per heavy atom. The van der Waals surface area contributed by atoms with Gasteiger partial charge in [-0.25, -0.2) is 9.78 Å². The number of nitrogens with zero attached hydrogens (tertiary/aromatic N) is 3. The van der Waals surface area contributed by atoms with Gasteiger partial charge in [-0.3, -0.25) is 4.79 Å². The fourth-order valence-corrected chi connectivity index (χ4v) is 3.35. The Hall–Kier alpha value is -3.46. The third kappa shape index (κ3) is 3.71. The van der Waals surface area contributed by atoms with Crippen molar-refractivity contribution in [3.63, 3.8) is 0 Å². The maximum absolute atomic E-state index is 12.7. The van der Waals surface area contributed by atoms with Crippen LogP contribution in [0, 0.1) is 6.92 Å². The van der Waals surface area contributed by atoms with Crippen molar-refractivity contribution in [1.82, 2.24) is 14.8 Å². The van der Waals surface area contributed by atoms with Crippen LogP contribution in [0.25, 0.3) is 16.7 Å². The summed E-state index contributed by atoms with van der Waals surface area (Å²) in [6.07, 6.45) is 1.35. The van der Waals surface area contributed by atoms with E-state index in [4.69, 9.17) is 9.15 Å². The number of anilines is 1. The number of esters is 1. The first kappa shape index (κ1) is 19.8. The molecular weight excluding hydrogens is 452 g/mol. The first-order chi connectivity index (χ1) is 14.5. The maximum atomic E-state index is 12.7. The number of rotatable bonds is 5. The van der Waals surface area contributed by atoms with E-state index >= 15 is 0 Å². The van der Waals surface area contributed by atoms with Gasteiger partial charge in [-0.1, -0.05) is 18.2 Å². The fourth-order valence-electron chi connectivity index (χ4n) is 3.05. The standard InChI is InChI=1S/C21H17BrN4O4/c1-3-29-21(28)14-11-23-26(19(14)25-20(27)16-8-9-17(22)30-16)18-10-12(2)13-6-4-5-7-15(13)24-18/h4-11H,3H2,1-2H3,(H,25,27). The van der Waals surface area contributed by atoms with Crippen molar-refractivity contribution in [3.05, 3.63) is 70.2 Å². The minimum absolute atomic E-state index is 0.0760. The largest absolute Gasteiger partial charge is 0.462 e. The molecule has 0 atom stereocenters. The monoisotopic (exact) mass is 468 g/mol. The van der Waals surface area contributed by atoms with Crippen LogP contribution in [0.4, 0.5) is 5.82 Å². The van der Waals surface area contributed by atoms with E-state index in [0.29, 0.717) is 10.5 Å². The summed E-state index contributed by atoms with van der Waals surface area (Å²) in [6, 6.07) is 12.7. The summed E-state index contributed by atoms with van der Waals surface area (Å²) in [5.41, 5.74) is 1.87. The molecule has 9 heteroatoms. The highest BCUT2D eigenvalue weighted by molar-refractivity contribution is 9.10. The highest BCUT2D eigenvalue weighted by Gasteiger charge is 2.24. The van der Waals surface area contributed by atoms with Crippen molar-refractivity contribution >= 4 is 44.5 Å². The summed E-state index contributed by atoms with van der Waals surface area (Å²) in [5, 5.41) is 7.99. The number of aryl methyl sites for hydroxylation is 1. The van der Waals surface area contributed by atoms with Crippen molar-refractivity contribution in [2.24, 2.45) is 0 Å². The number of hydrogen-bond acceptors (Lipinski definition) is 6. The number of ether oxygens (including phenoxy) is 1. The Kier molecular flexibility index (Phi) is 5.37. The molecule has 0 aliphatic rings. The van der Waals surface area contributed by atoms with E-state index in [1.54, 1.807) is 13.0 Å². The molecule has 0 radical (unpaired) electrons. The zero-order chi connectivity index (χ0) is 21.3. The molecule has 8 nitrogen and oxygen atoms in total. The molecule has 1 amide bonds. The Morgan fingerprint density at radius 2 is 2.03 bits per heavy atom. The first-order valence-corrected chi connectivity index (χ1v) is 9.96. The van der Waals surface area contributed by atoms with E-state index in [-0.39, 0.29) is 23.7 Å². The van der Waals surface area contributed by atoms with Gasteiger partial charge in [0.1, 0.15) is 5.56 Å². The van der Waals surface area contributed by atoms with Gasteiger partial charge in [0.2, 0.25) is 0 Å². The number of para-hydroxylation sites is 1. The zero-order valence-electron chi connectivity index (χ0n) is 16.2. The number of carbonyl (C=O) groups is 2. The van der Waals surface area contributed by atoms with Crippen molar-refractivity contribution < 1.29 is 18.7 Å². The Morgan fingerprint density at radius 1 is 1.23 bits per heavy atom. The van der Waals surface area contributed by atoms with E-state index in [9.17, 15) is 9.59 Å². The van der Waals surface area contributed by atoms with Crippen LogP contribution in [0.15, 0.2) is 57.7 Å². The summed E-state index contributed by atoms with van der Waals surface area (Å²) in [5.74, 6) is -0.458. The maximum Gasteiger partial charge on any atom is 0.343 e. The van der Waals surface area contributed by atoms with Gasteiger partial charge >= 0.3 is 5.97 Å². The molecule has 0 bridgehead atoms. The zero-order valence-corrected chi connectivity index (χ0v) is 17.8. The number of hydrogen-bond donors (Lipinski definition) is 1.